The number of nitrogens with one attached hydrogen (secondary N) is 1. The molecule has 8 heteroatoms. The minimum Gasteiger partial charge on any atom is -0.872 e. The van der Waals surface area contributed by atoms with Crippen LogP contribution in [0.4, 0.5) is 0 Å². The van der Waals surface area contributed by atoms with Gasteiger partial charge in [-0.15, -0.1) is 0 Å². The Balaban J connectivity index is 2.08. The van der Waals surface area contributed by atoms with Crippen LogP contribution < -0.4 is 24.2 Å². The van der Waals surface area contributed by atoms with Crippen LogP contribution in [0.25, 0.3) is 5.76 Å². The monoisotopic (exact) mass is 482 g/mol. The SMILES string of the molecule is CC[NH+](CC)CCCN1C(=O)C(=O)/C(=C(/[O-])c2ccc(OC)cc2)C1c1ccc(OC)c(OC)c1. The smallest absolute Gasteiger partial charge is 0.295 e. The third kappa shape index (κ3) is 5.43. The normalized spacial score (nSPS) is 17.2. The predicted molar refractivity (Wildman–Crippen MR) is 130 cm³/mol. The van der Waals surface area contributed by atoms with Gasteiger partial charge in [-0.1, -0.05) is 24.0 Å². The zero-order chi connectivity index (χ0) is 25.5. The van der Waals surface area contributed by atoms with Gasteiger partial charge in [0.25, 0.3) is 5.91 Å². The number of carbonyl (C=O) groups excluding carboxylic acids is 2. The van der Waals surface area contributed by atoms with Crippen molar-refractivity contribution in [3.63, 3.8) is 0 Å². The quantitative estimate of drug-likeness (QED) is 0.295. The van der Waals surface area contributed by atoms with E-state index in [0.717, 1.165) is 19.6 Å². The molecule has 0 radical (unpaired) electrons. The van der Waals surface area contributed by atoms with E-state index >= 15 is 0 Å². The van der Waals surface area contributed by atoms with Gasteiger partial charge in [0, 0.05) is 18.5 Å². The Labute approximate surface area is 206 Å². The molecular formula is C27H34N2O6. The summed E-state index contributed by atoms with van der Waals surface area (Å²) in [6.07, 6.45) is 0.712. The van der Waals surface area contributed by atoms with Gasteiger partial charge in [0.1, 0.15) is 5.75 Å². The molecule has 1 fully saturated rings. The van der Waals surface area contributed by atoms with E-state index in [1.54, 1.807) is 42.5 Å². The van der Waals surface area contributed by atoms with Crippen molar-refractivity contribution in [1.29, 1.82) is 0 Å². The fraction of sp³-hybridized carbons (Fsp3) is 0.407. The number of methoxy groups -OCH3 is 3. The standard InChI is InChI=1S/C27H34N2O6/c1-6-28(7-2)15-8-16-29-24(19-11-14-21(34-4)22(17-19)35-5)23(26(31)27(29)32)25(30)18-9-12-20(33-3)13-10-18/h9-14,17,24,30H,6-8,15-16H2,1-5H3/b25-23+. The first-order valence-corrected chi connectivity index (χ1v) is 11.9. The molecular weight excluding hydrogens is 448 g/mol. The Morgan fingerprint density at radius 2 is 1.60 bits per heavy atom. The lowest BCUT2D eigenvalue weighted by Gasteiger charge is -2.28. The summed E-state index contributed by atoms with van der Waals surface area (Å²) >= 11 is 0. The van der Waals surface area contributed by atoms with E-state index in [-0.39, 0.29) is 5.57 Å². The number of rotatable bonds is 11. The van der Waals surface area contributed by atoms with E-state index in [0.29, 0.717) is 41.3 Å². The van der Waals surface area contributed by atoms with Gasteiger partial charge < -0.3 is 29.1 Å². The van der Waals surface area contributed by atoms with Crippen LogP contribution in [0.1, 0.15) is 37.4 Å². The van der Waals surface area contributed by atoms with Crippen molar-refractivity contribution >= 4 is 17.4 Å². The van der Waals surface area contributed by atoms with E-state index < -0.39 is 23.5 Å². The van der Waals surface area contributed by atoms with Crippen LogP contribution in [0.2, 0.25) is 0 Å². The summed E-state index contributed by atoms with van der Waals surface area (Å²) in [7, 11) is 4.59. The third-order valence-electron chi connectivity index (χ3n) is 6.53. The molecule has 0 aliphatic carbocycles. The van der Waals surface area contributed by atoms with Crippen LogP contribution in [0.15, 0.2) is 48.0 Å². The van der Waals surface area contributed by atoms with Crippen molar-refractivity contribution in [2.75, 3.05) is 47.5 Å². The number of benzene rings is 2. The first-order valence-electron chi connectivity index (χ1n) is 11.9. The molecule has 1 unspecified atom stereocenters. The average Bonchev–Trinajstić information content (AvgIpc) is 3.15. The van der Waals surface area contributed by atoms with E-state index in [1.165, 1.54) is 31.1 Å². The Morgan fingerprint density at radius 3 is 2.17 bits per heavy atom. The summed E-state index contributed by atoms with van der Waals surface area (Å²) < 4.78 is 16.0. The highest BCUT2D eigenvalue weighted by Gasteiger charge is 2.44. The lowest BCUT2D eigenvalue weighted by atomic mass is 9.95. The molecule has 1 aliphatic heterocycles. The van der Waals surface area contributed by atoms with Gasteiger partial charge in [0.15, 0.2) is 11.5 Å². The summed E-state index contributed by atoms with van der Waals surface area (Å²) in [4.78, 5) is 29.3. The molecule has 0 spiro atoms. The maximum Gasteiger partial charge on any atom is 0.295 e. The van der Waals surface area contributed by atoms with Crippen LogP contribution in [0.3, 0.4) is 0 Å². The molecule has 3 rings (SSSR count). The molecule has 1 amide bonds. The van der Waals surface area contributed by atoms with Gasteiger partial charge in [-0.05, 0) is 49.2 Å². The molecule has 0 saturated carbocycles. The topological polar surface area (TPSA) is 92.6 Å². The molecule has 1 heterocycles. The van der Waals surface area contributed by atoms with Crippen LogP contribution in [0.5, 0.6) is 17.2 Å². The Hall–Kier alpha value is -3.52. The van der Waals surface area contributed by atoms with E-state index in [4.69, 9.17) is 14.2 Å². The summed E-state index contributed by atoms with van der Waals surface area (Å²) in [6.45, 7) is 7.44. The number of quaternary nitrogens is 1. The van der Waals surface area contributed by atoms with Gasteiger partial charge >= 0.3 is 0 Å². The molecule has 2 aromatic carbocycles. The van der Waals surface area contributed by atoms with E-state index in [1.807, 2.05) is 0 Å². The van der Waals surface area contributed by atoms with Gasteiger partial charge in [0.05, 0.1) is 47.0 Å². The second kappa shape index (κ2) is 11.8. The number of hydrogen-bond acceptors (Lipinski definition) is 6. The lowest BCUT2D eigenvalue weighted by Crippen LogP contribution is -3.11. The highest BCUT2D eigenvalue weighted by molar-refractivity contribution is 6.46. The Bertz CT molecular complexity index is 1080. The summed E-state index contributed by atoms with van der Waals surface area (Å²) in [5.41, 5.74) is 0.887. The van der Waals surface area contributed by atoms with Gasteiger partial charge in [-0.25, -0.2) is 0 Å². The highest BCUT2D eigenvalue weighted by Crippen LogP contribution is 2.41. The zero-order valence-corrected chi connectivity index (χ0v) is 21.1. The highest BCUT2D eigenvalue weighted by atomic mass is 16.5. The van der Waals surface area contributed by atoms with E-state index in [2.05, 4.69) is 13.8 Å². The summed E-state index contributed by atoms with van der Waals surface area (Å²) in [5.74, 6) is -0.316. The maximum absolute atomic E-state index is 13.5. The van der Waals surface area contributed by atoms with Crippen LogP contribution >= 0.6 is 0 Å². The average molecular weight is 483 g/mol. The van der Waals surface area contributed by atoms with E-state index in [9.17, 15) is 14.7 Å². The number of carbonyl (C=O) groups is 2. The second-order valence-corrected chi connectivity index (χ2v) is 8.38. The fourth-order valence-electron chi connectivity index (χ4n) is 4.47. The van der Waals surface area contributed by atoms with Crippen LogP contribution in [-0.4, -0.2) is 64.1 Å². The molecule has 8 nitrogen and oxygen atoms in total. The fourth-order valence-corrected chi connectivity index (χ4v) is 4.47. The zero-order valence-electron chi connectivity index (χ0n) is 21.1. The number of hydrogen-bond donors (Lipinski definition) is 1. The minimum absolute atomic E-state index is 0.0532. The Kier molecular flexibility index (Phi) is 8.76. The van der Waals surface area contributed by atoms with Crippen LogP contribution in [0, 0.1) is 0 Å². The number of ether oxygens (including phenoxy) is 3. The molecule has 1 saturated heterocycles. The molecule has 1 N–H and O–H groups in total. The summed E-state index contributed by atoms with van der Waals surface area (Å²) in [5, 5.41) is 13.5. The molecule has 0 bridgehead atoms. The molecule has 0 aromatic heterocycles. The largest absolute Gasteiger partial charge is 0.872 e. The van der Waals surface area contributed by atoms with Crippen LogP contribution in [-0.2, 0) is 9.59 Å². The first kappa shape index (κ1) is 26.1. The van der Waals surface area contributed by atoms with Gasteiger partial charge in [-0.2, -0.15) is 0 Å². The third-order valence-corrected chi connectivity index (χ3v) is 6.53. The van der Waals surface area contributed by atoms with Crippen molar-refractivity contribution < 1.29 is 33.8 Å². The number of likely N-dealkylation sites (tertiary alicyclic amines) is 1. The number of Topliss-reactive ketones (excluding diaryl/α,β-unsaturated/α-hetero) is 1. The van der Waals surface area contributed by atoms with Crippen molar-refractivity contribution in [2.45, 2.75) is 26.3 Å². The van der Waals surface area contributed by atoms with Crippen molar-refractivity contribution in [2.24, 2.45) is 0 Å². The van der Waals surface area contributed by atoms with Gasteiger partial charge in [-0.3, -0.25) is 9.59 Å². The first-order chi connectivity index (χ1) is 16.9. The number of ketones is 1. The minimum atomic E-state index is -0.809. The lowest BCUT2D eigenvalue weighted by molar-refractivity contribution is -0.896. The Morgan fingerprint density at radius 1 is 0.943 bits per heavy atom. The molecule has 35 heavy (non-hydrogen) atoms. The molecule has 1 atom stereocenters. The second-order valence-electron chi connectivity index (χ2n) is 8.38. The molecule has 188 valence electrons. The van der Waals surface area contributed by atoms with Crippen molar-refractivity contribution in [1.82, 2.24) is 4.90 Å². The number of amides is 1. The van der Waals surface area contributed by atoms with Crippen molar-refractivity contribution in [3.8, 4) is 17.2 Å². The summed E-state index contributed by atoms with van der Waals surface area (Å²) in [6, 6.07) is 10.9. The number of nitrogens with zero attached hydrogens (tertiary/aromatic N) is 1. The maximum atomic E-state index is 13.5. The predicted octanol–water partition coefficient (Wildman–Crippen LogP) is 1.25. The molecule has 2 aromatic rings. The van der Waals surface area contributed by atoms with Gasteiger partial charge in [0.2, 0.25) is 5.78 Å². The molecule has 1 aliphatic rings. The van der Waals surface area contributed by atoms with Crippen molar-refractivity contribution in [3.05, 3.63) is 59.2 Å².